The molecule has 0 saturated heterocycles. The molecular weight excluding hydrogens is 283 g/mol. The van der Waals surface area contributed by atoms with Crippen molar-refractivity contribution < 1.29 is 13.2 Å². The van der Waals surface area contributed by atoms with E-state index in [0.717, 1.165) is 17.8 Å². The van der Waals surface area contributed by atoms with E-state index < -0.39 is 17.5 Å². The van der Waals surface area contributed by atoms with Crippen molar-refractivity contribution in [1.29, 1.82) is 0 Å². The molecule has 0 spiro atoms. The van der Waals surface area contributed by atoms with E-state index in [4.69, 9.17) is 5.73 Å². The van der Waals surface area contributed by atoms with Gasteiger partial charge < -0.3 is 5.73 Å². The van der Waals surface area contributed by atoms with Crippen LogP contribution in [0.2, 0.25) is 0 Å². The minimum absolute atomic E-state index is 0.0528. The SMILES string of the molecule is CCc1nn(C)c2c1nc(N)n2-c1cc(F)c(F)c(F)c1. The Labute approximate surface area is 117 Å². The third kappa shape index (κ3) is 1.86. The highest BCUT2D eigenvalue weighted by Crippen LogP contribution is 2.27. The molecule has 0 aliphatic heterocycles. The maximum absolute atomic E-state index is 13.4. The molecule has 0 amide bonds. The Kier molecular flexibility index (Phi) is 2.89. The Morgan fingerprint density at radius 1 is 1.19 bits per heavy atom. The second-order valence-electron chi connectivity index (χ2n) is 4.62. The normalized spacial score (nSPS) is 11.5. The van der Waals surface area contributed by atoms with E-state index in [0.29, 0.717) is 17.6 Å². The Bertz CT molecular complexity index is 826. The first-order chi connectivity index (χ1) is 9.93. The van der Waals surface area contributed by atoms with Crippen molar-refractivity contribution in [2.75, 3.05) is 5.73 Å². The summed E-state index contributed by atoms with van der Waals surface area (Å²) in [6, 6.07) is 1.74. The number of aryl methyl sites for hydroxylation is 2. The molecule has 3 rings (SSSR count). The van der Waals surface area contributed by atoms with Crippen LogP contribution in [-0.2, 0) is 13.5 Å². The van der Waals surface area contributed by atoms with E-state index in [1.54, 1.807) is 7.05 Å². The van der Waals surface area contributed by atoms with Crippen LogP contribution in [0.4, 0.5) is 19.1 Å². The zero-order valence-electron chi connectivity index (χ0n) is 11.4. The quantitative estimate of drug-likeness (QED) is 0.738. The van der Waals surface area contributed by atoms with E-state index >= 15 is 0 Å². The Morgan fingerprint density at radius 2 is 1.81 bits per heavy atom. The lowest BCUT2D eigenvalue weighted by atomic mass is 10.2. The molecule has 0 saturated carbocycles. The summed E-state index contributed by atoms with van der Waals surface area (Å²) >= 11 is 0. The molecule has 3 aromatic rings. The average molecular weight is 295 g/mol. The van der Waals surface area contributed by atoms with E-state index in [-0.39, 0.29) is 11.6 Å². The molecule has 0 radical (unpaired) electrons. The molecule has 0 aliphatic carbocycles. The standard InChI is InChI=1S/C13H12F3N5/c1-3-9-11-12(20(2)19-9)21(13(17)18-11)6-4-7(14)10(16)8(15)5-6/h4-5H,3H2,1-2H3,(H2,17,18). The predicted molar refractivity (Wildman–Crippen MR) is 71.5 cm³/mol. The molecule has 2 N–H and O–H groups in total. The number of nitrogens with two attached hydrogens (primary N) is 1. The van der Waals surface area contributed by atoms with Gasteiger partial charge in [-0.3, -0.25) is 4.57 Å². The molecule has 8 heteroatoms. The molecule has 1 aromatic carbocycles. The average Bonchev–Trinajstić information content (AvgIpc) is 2.92. The number of benzene rings is 1. The van der Waals surface area contributed by atoms with Crippen LogP contribution in [0.1, 0.15) is 12.6 Å². The van der Waals surface area contributed by atoms with Gasteiger partial charge in [0.2, 0.25) is 5.95 Å². The maximum atomic E-state index is 13.4. The van der Waals surface area contributed by atoms with Gasteiger partial charge in [0.15, 0.2) is 23.1 Å². The Hall–Kier alpha value is -2.51. The van der Waals surface area contributed by atoms with Crippen molar-refractivity contribution in [3.05, 3.63) is 35.3 Å². The molecule has 0 unspecified atom stereocenters. The molecule has 0 aliphatic rings. The summed E-state index contributed by atoms with van der Waals surface area (Å²) in [7, 11) is 1.68. The second kappa shape index (κ2) is 4.51. The lowest BCUT2D eigenvalue weighted by Gasteiger charge is -2.08. The van der Waals surface area contributed by atoms with Crippen LogP contribution in [0.15, 0.2) is 12.1 Å². The van der Waals surface area contributed by atoms with Gasteiger partial charge in [0, 0.05) is 19.2 Å². The van der Waals surface area contributed by atoms with Crippen molar-refractivity contribution in [3.63, 3.8) is 0 Å². The van der Waals surface area contributed by atoms with Crippen molar-refractivity contribution in [2.45, 2.75) is 13.3 Å². The van der Waals surface area contributed by atoms with Crippen LogP contribution in [0.25, 0.3) is 16.9 Å². The minimum Gasteiger partial charge on any atom is -0.369 e. The minimum atomic E-state index is -1.52. The van der Waals surface area contributed by atoms with Gasteiger partial charge >= 0.3 is 0 Å². The van der Waals surface area contributed by atoms with Gasteiger partial charge in [-0.15, -0.1) is 0 Å². The van der Waals surface area contributed by atoms with Crippen molar-refractivity contribution in [3.8, 4) is 5.69 Å². The summed E-state index contributed by atoms with van der Waals surface area (Å²) in [6.45, 7) is 1.91. The molecule has 2 heterocycles. The van der Waals surface area contributed by atoms with Crippen LogP contribution in [0.3, 0.4) is 0 Å². The number of halogens is 3. The first-order valence-corrected chi connectivity index (χ1v) is 6.28. The van der Waals surface area contributed by atoms with E-state index in [1.807, 2.05) is 6.92 Å². The summed E-state index contributed by atoms with van der Waals surface area (Å²) in [5, 5.41) is 4.27. The van der Waals surface area contributed by atoms with Crippen LogP contribution < -0.4 is 5.73 Å². The molecular formula is C13H12F3N5. The van der Waals surface area contributed by atoms with Gasteiger partial charge in [0.25, 0.3) is 0 Å². The number of imidazole rings is 1. The zero-order chi connectivity index (χ0) is 15.3. The lowest BCUT2D eigenvalue weighted by molar-refractivity contribution is 0.446. The molecule has 21 heavy (non-hydrogen) atoms. The van der Waals surface area contributed by atoms with Gasteiger partial charge in [-0.1, -0.05) is 6.92 Å². The number of fused-ring (bicyclic) bond motifs is 1. The molecule has 0 fully saturated rings. The number of aromatic nitrogens is 4. The largest absolute Gasteiger partial charge is 0.369 e. The molecule has 5 nitrogen and oxygen atoms in total. The highest BCUT2D eigenvalue weighted by atomic mass is 19.2. The third-order valence-corrected chi connectivity index (χ3v) is 3.29. The number of hydrogen-bond donors (Lipinski definition) is 1. The van der Waals surface area contributed by atoms with E-state index in [1.165, 1.54) is 9.25 Å². The summed E-state index contributed by atoms with van der Waals surface area (Å²) in [6.07, 6.45) is 0.639. The number of nitrogen functional groups attached to an aromatic ring is 1. The summed E-state index contributed by atoms with van der Waals surface area (Å²) in [5.41, 5.74) is 7.66. The first-order valence-electron chi connectivity index (χ1n) is 6.28. The molecule has 0 atom stereocenters. The van der Waals surface area contributed by atoms with Gasteiger partial charge in [-0.05, 0) is 6.42 Å². The number of nitrogens with zero attached hydrogens (tertiary/aromatic N) is 4. The topological polar surface area (TPSA) is 61.7 Å². The van der Waals surface area contributed by atoms with E-state index in [2.05, 4.69) is 10.1 Å². The summed E-state index contributed by atoms with van der Waals surface area (Å²) in [5.74, 6) is -4.04. The number of rotatable bonds is 2. The number of hydrogen-bond acceptors (Lipinski definition) is 3. The Morgan fingerprint density at radius 3 is 2.38 bits per heavy atom. The fourth-order valence-electron chi connectivity index (χ4n) is 2.36. The van der Waals surface area contributed by atoms with Crippen molar-refractivity contribution >= 4 is 17.1 Å². The predicted octanol–water partition coefficient (Wildman–Crippen LogP) is 2.32. The van der Waals surface area contributed by atoms with Crippen LogP contribution in [0, 0.1) is 17.5 Å². The Balaban J connectivity index is 2.35. The fraction of sp³-hybridized carbons (Fsp3) is 0.231. The molecule has 2 aromatic heterocycles. The summed E-state index contributed by atoms with van der Waals surface area (Å²) in [4.78, 5) is 4.18. The molecule has 0 bridgehead atoms. The van der Waals surface area contributed by atoms with Crippen molar-refractivity contribution in [1.82, 2.24) is 19.3 Å². The van der Waals surface area contributed by atoms with Crippen LogP contribution in [0.5, 0.6) is 0 Å². The van der Waals surface area contributed by atoms with Gasteiger partial charge in [-0.25, -0.2) is 22.8 Å². The third-order valence-electron chi connectivity index (χ3n) is 3.29. The zero-order valence-corrected chi connectivity index (χ0v) is 11.4. The fourth-order valence-corrected chi connectivity index (χ4v) is 2.36. The highest BCUT2D eigenvalue weighted by molar-refractivity contribution is 5.80. The van der Waals surface area contributed by atoms with Crippen LogP contribution >= 0.6 is 0 Å². The highest BCUT2D eigenvalue weighted by Gasteiger charge is 2.20. The van der Waals surface area contributed by atoms with Gasteiger partial charge in [-0.2, -0.15) is 5.10 Å². The maximum Gasteiger partial charge on any atom is 0.207 e. The smallest absolute Gasteiger partial charge is 0.207 e. The second-order valence-corrected chi connectivity index (χ2v) is 4.62. The van der Waals surface area contributed by atoms with E-state index in [9.17, 15) is 13.2 Å². The monoisotopic (exact) mass is 295 g/mol. The lowest BCUT2D eigenvalue weighted by Crippen LogP contribution is -2.06. The van der Waals surface area contributed by atoms with Crippen LogP contribution in [-0.4, -0.2) is 19.3 Å². The molecule has 110 valence electrons. The first kappa shape index (κ1) is 13.5. The van der Waals surface area contributed by atoms with Gasteiger partial charge in [0.05, 0.1) is 11.4 Å². The number of anilines is 1. The van der Waals surface area contributed by atoms with Gasteiger partial charge in [0.1, 0.15) is 5.52 Å². The van der Waals surface area contributed by atoms with Crippen molar-refractivity contribution in [2.24, 2.45) is 7.05 Å². The summed E-state index contributed by atoms with van der Waals surface area (Å²) < 4.78 is 42.8.